The number of aliphatic hydroxyl groups is 1. The number of aliphatic hydroxyl groups excluding tert-OH is 1. The van der Waals surface area contributed by atoms with Gasteiger partial charge < -0.3 is 15.6 Å². The zero-order valence-corrected chi connectivity index (χ0v) is 15.0. The predicted octanol–water partition coefficient (Wildman–Crippen LogP) is 2.32. The molecule has 6 nitrogen and oxygen atoms in total. The van der Waals surface area contributed by atoms with Gasteiger partial charge >= 0.3 is 0 Å². The van der Waals surface area contributed by atoms with Crippen LogP contribution in [0.25, 0.3) is 11.1 Å². The minimum atomic E-state index is -0.376. The monoisotopic (exact) mass is 368 g/mol. The van der Waals surface area contributed by atoms with Crippen molar-refractivity contribution in [3.05, 3.63) is 42.5 Å². The second-order valence-corrected chi connectivity index (χ2v) is 8.23. The van der Waals surface area contributed by atoms with Crippen molar-refractivity contribution in [2.24, 2.45) is 16.6 Å². The second kappa shape index (κ2) is 5.96. The molecule has 1 fully saturated rings. The van der Waals surface area contributed by atoms with Crippen LogP contribution >= 0.6 is 11.8 Å². The van der Waals surface area contributed by atoms with E-state index in [1.54, 1.807) is 11.8 Å². The highest BCUT2D eigenvalue weighted by molar-refractivity contribution is 8.14. The summed E-state index contributed by atoms with van der Waals surface area (Å²) in [5.41, 5.74) is 8.83. The minimum Gasteiger partial charge on any atom is -0.490 e. The van der Waals surface area contributed by atoms with Crippen LogP contribution in [-0.4, -0.2) is 38.2 Å². The zero-order valence-electron chi connectivity index (χ0n) is 14.2. The van der Waals surface area contributed by atoms with Crippen LogP contribution in [0.4, 0.5) is 0 Å². The third kappa shape index (κ3) is 2.41. The van der Waals surface area contributed by atoms with E-state index in [2.05, 4.69) is 16.0 Å². The lowest BCUT2D eigenvalue weighted by Crippen LogP contribution is -2.51. The Bertz CT molecular complexity index is 875. The first-order valence-corrected chi connectivity index (χ1v) is 9.87. The van der Waals surface area contributed by atoms with Crippen molar-refractivity contribution >= 4 is 16.9 Å². The Morgan fingerprint density at radius 1 is 1.19 bits per heavy atom. The van der Waals surface area contributed by atoms with E-state index >= 15 is 0 Å². The highest BCUT2D eigenvalue weighted by Crippen LogP contribution is 2.54. The Kier molecular flexibility index (Phi) is 3.68. The van der Waals surface area contributed by atoms with Gasteiger partial charge in [-0.2, -0.15) is 0 Å². The number of aromatic nitrogens is 2. The van der Waals surface area contributed by atoms with Gasteiger partial charge in [0.15, 0.2) is 5.17 Å². The summed E-state index contributed by atoms with van der Waals surface area (Å²) >= 11 is 1.61. The molecule has 1 spiro atoms. The standard InChI is InChI=1S/C19H20N4O2S/c20-18-23-19(9-26-18)14-3-2-13(24)6-17(14)25-16-4-1-11(5-15(16)19)12-7-21-10-22-8-12/h1,4-5,7-8,10,13-14,17,24H,2-3,6,9H2,(H2,20,23)/t13?,14-,17-,19?/m0/s1. The fourth-order valence-corrected chi connectivity index (χ4v) is 5.55. The van der Waals surface area contributed by atoms with Crippen LogP contribution in [0.2, 0.25) is 0 Å². The normalized spacial score (nSPS) is 32.5. The molecule has 3 heterocycles. The van der Waals surface area contributed by atoms with E-state index < -0.39 is 0 Å². The van der Waals surface area contributed by atoms with E-state index in [1.165, 1.54) is 6.33 Å². The van der Waals surface area contributed by atoms with Crippen molar-refractivity contribution in [2.45, 2.75) is 37.0 Å². The number of nitrogens with zero attached hydrogens (tertiary/aromatic N) is 3. The molecule has 0 saturated heterocycles. The van der Waals surface area contributed by atoms with Gasteiger partial charge in [0, 0.05) is 41.6 Å². The Labute approximate surface area is 155 Å². The summed E-state index contributed by atoms with van der Waals surface area (Å²) in [4.78, 5) is 13.2. The zero-order chi connectivity index (χ0) is 17.7. The number of thioether (sulfide) groups is 1. The van der Waals surface area contributed by atoms with Gasteiger partial charge in [0.2, 0.25) is 0 Å². The molecule has 4 atom stereocenters. The van der Waals surface area contributed by atoms with Gasteiger partial charge in [0.1, 0.15) is 23.7 Å². The van der Waals surface area contributed by atoms with E-state index in [0.29, 0.717) is 11.6 Å². The van der Waals surface area contributed by atoms with Crippen LogP contribution in [0.5, 0.6) is 5.75 Å². The first-order chi connectivity index (χ1) is 12.7. The van der Waals surface area contributed by atoms with Crippen LogP contribution in [0, 0.1) is 5.92 Å². The number of aliphatic imine (C=N–C) groups is 1. The molecule has 1 saturated carbocycles. The van der Waals surface area contributed by atoms with Gasteiger partial charge in [0.05, 0.1) is 6.10 Å². The topological polar surface area (TPSA) is 93.6 Å². The summed E-state index contributed by atoms with van der Waals surface area (Å²) in [5.74, 6) is 1.90. The van der Waals surface area contributed by atoms with Crippen LogP contribution < -0.4 is 10.5 Å². The Morgan fingerprint density at radius 3 is 2.81 bits per heavy atom. The number of hydrogen-bond acceptors (Lipinski definition) is 7. The molecule has 26 heavy (non-hydrogen) atoms. The molecule has 5 rings (SSSR count). The number of ether oxygens (including phenoxy) is 1. The summed E-state index contributed by atoms with van der Waals surface area (Å²) in [6, 6.07) is 6.18. The van der Waals surface area contributed by atoms with E-state index in [-0.39, 0.29) is 23.7 Å². The van der Waals surface area contributed by atoms with Crippen molar-refractivity contribution in [1.82, 2.24) is 9.97 Å². The van der Waals surface area contributed by atoms with Crippen molar-refractivity contribution in [2.75, 3.05) is 5.75 Å². The molecule has 1 aromatic carbocycles. The molecule has 1 aromatic heterocycles. The average Bonchev–Trinajstić information content (AvgIpc) is 3.04. The maximum Gasteiger partial charge on any atom is 0.154 e. The summed E-state index contributed by atoms with van der Waals surface area (Å²) in [7, 11) is 0. The van der Waals surface area contributed by atoms with Crippen molar-refractivity contribution in [3.63, 3.8) is 0 Å². The number of benzene rings is 1. The molecule has 3 aliphatic rings. The van der Waals surface area contributed by atoms with Crippen LogP contribution in [0.15, 0.2) is 41.9 Å². The van der Waals surface area contributed by atoms with Crippen molar-refractivity contribution in [3.8, 4) is 16.9 Å². The highest BCUT2D eigenvalue weighted by atomic mass is 32.2. The maximum absolute atomic E-state index is 10.1. The quantitative estimate of drug-likeness (QED) is 0.802. The van der Waals surface area contributed by atoms with Gasteiger partial charge in [-0.3, -0.25) is 0 Å². The molecule has 2 unspecified atom stereocenters. The summed E-state index contributed by atoms with van der Waals surface area (Å²) < 4.78 is 6.31. The molecular weight excluding hydrogens is 348 g/mol. The van der Waals surface area contributed by atoms with Crippen LogP contribution in [-0.2, 0) is 5.54 Å². The van der Waals surface area contributed by atoms with Gasteiger partial charge in [-0.1, -0.05) is 17.8 Å². The molecule has 3 N–H and O–H groups in total. The SMILES string of the molecule is NC1=NC2(CS1)c1cc(-c3cncnc3)ccc1O[C@H]1CC(O)CC[C@@H]12. The number of rotatable bonds is 1. The number of fused-ring (bicyclic) bond motifs is 4. The van der Waals surface area contributed by atoms with Crippen molar-refractivity contribution < 1.29 is 9.84 Å². The predicted molar refractivity (Wildman–Crippen MR) is 101 cm³/mol. The maximum atomic E-state index is 10.1. The Morgan fingerprint density at radius 2 is 2.04 bits per heavy atom. The summed E-state index contributed by atoms with van der Waals surface area (Å²) in [5, 5.41) is 10.7. The molecule has 0 bridgehead atoms. The lowest BCUT2D eigenvalue weighted by Gasteiger charge is -2.48. The van der Waals surface area contributed by atoms with Gasteiger partial charge in [0.25, 0.3) is 0 Å². The van der Waals surface area contributed by atoms with E-state index in [9.17, 15) is 5.11 Å². The minimum absolute atomic E-state index is 0.0209. The van der Waals surface area contributed by atoms with E-state index in [0.717, 1.165) is 41.0 Å². The fraction of sp³-hybridized carbons (Fsp3) is 0.421. The molecule has 0 radical (unpaired) electrons. The Balaban J connectivity index is 1.66. The van der Waals surface area contributed by atoms with E-state index in [4.69, 9.17) is 15.5 Å². The first kappa shape index (κ1) is 16.1. The number of nitrogens with two attached hydrogens (primary N) is 1. The Hall–Kier alpha value is -2.12. The summed E-state index contributed by atoms with van der Waals surface area (Å²) in [6.45, 7) is 0. The van der Waals surface area contributed by atoms with Crippen LogP contribution in [0.1, 0.15) is 24.8 Å². The lowest BCUT2D eigenvalue weighted by atomic mass is 9.68. The first-order valence-electron chi connectivity index (χ1n) is 8.88. The van der Waals surface area contributed by atoms with Gasteiger partial charge in [-0.15, -0.1) is 0 Å². The highest BCUT2D eigenvalue weighted by Gasteiger charge is 2.54. The third-order valence-electron chi connectivity index (χ3n) is 5.75. The smallest absolute Gasteiger partial charge is 0.154 e. The number of amidine groups is 1. The largest absolute Gasteiger partial charge is 0.490 e. The molecule has 2 aliphatic heterocycles. The third-order valence-corrected chi connectivity index (χ3v) is 6.72. The fourth-order valence-electron chi connectivity index (χ4n) is 4.52. The molecule has 0 amide bonds. The molecule has 7 heteroatoms. The van der Waals surface area contributed by atoms with Crippen molar-refractivity contribution in [1.29, 1.82) is 0 Å². The summed E-state index contributed by atoms with van der Waals surface area (Å²) in [6.07, 6.45) is 7.16. The molecule has 134 valence electrons. The molecule has 2 aromatic rings. The van der Waals surface area contributed by atoms with Gasteiger partial charge in [-0.25, -0.2) is 15.0 Å². The lowest BCUT2D eigenvalue weighted by molar-refractivity contribution is -0.0246. The average molecular weight is 368 g/mol. The number of hydrogen-bond donors (Lipinski definition) is 2. The second-order valence-electron chi connectivity index (χ2n) is 7.23. The van der Waals surface area contributed by atoms with Gasteiger partial charge in [-0.05, 0) is 30.5 Å². The van der Waals surface area contributed by atoms with E-state index in [1.807, 2.05) is 24.5 Å². The molecule has 1 aliphatic carbocycles. The molecular formula is C19H20N4O2S. The van der Waals surface area contributed by atoms with Crippen LogP contribution in [0.3, 0.4) is 0 Å².